The van der Waals surface area contributed by atoms with Crippen LogP contribution in [0.15, 0.2) is 70.9 Å². The lowest BCUT2D eigenvalue weighted by molar-refractivity contribution is -0.176. The summed E-state index contributed by atoms with van der Waals surface area (Å²) in [6.07, 6.45) is -4.35. The predicted molar refractivity (Wildman–Crippen MR) is 219 cm³/mol. The topological polar surface area (TPSA) is 195 Å². The van der Waals surface area contributed by atoms with Crippen molar-refractivity contribution in [2.45, 2.75) is 130 Å². The summed E-state index contributed by atoms with van der Waals surface area (Å²) in [5, 5.41) is 12.0. The van der Waals surface area contributed by atoms with Crippen LogP contribution in [0.5, 0.6) is 0 Å². The molecule has 0 saturated carbocycles. The number of ether oxygens (including phenoxy) is 4. The quantitative estimate of drug-likeness (QED) is 0.168. The van der Waals surface area contributed by atoms with Crippen molar-refractivity contribution < 1.29 is 57.4 Å². The van der Waals surface area contributed by atoms with Crippen LogP contribution < -0.4 is 0 Å². The smallest absolute Gasteiger partial charge is 0.442 e. The Morgan fingerprint density at radius 2 is 0.767 bits per heavy atom. The van der Waals surface area contributed by atoms with E-state index in [4.69, 9.17) is 28.6 Å². The summed E-state index contributed by atoms with van der Waals surface area (Å²) < 4.78 is 21.2. The number of amides is 4. The molecule has 2 aliphatic heterocycles. The Labute approximate surface area is 351 Å². The number of hydrogen-bond donors (Lipinski definition) is 0. The van der Waals surface area contributed by atoms with E-state index in [1.54, 1.807) is 132 Å². The van der Waals surface area contributed by atoms with Gasteiger partial charge in [0.1, 0.15) is 33.8 Å². The number of carbonyl (C=O) groups is 6. The van der Waals surface area contributed by atoms with Crippen LogP contribution in [0, 0.1) is 0 Å². The zero-order valence-electron chi connectivity index (χ0n) is 37.4. The number of nitrogens with zero attached hydrogens (tertiary/aromatic N) is 6. The molecule has 0 saturated heterocycles. The van der Waals surface area contributed by atoms with Crippen LogP contribution in [0.4, 0.5) is 19.2 Å². The van der Waals surface area contributed by atoms with Gasteiger partial charge in [-0.15, -0.1) is 10.1 Å². The van der Waals surface area contributed by atoms with Crippen LogP contribution in [-0.4, -0.2) is 115 Å². The molecule has 0 bridgehead atoms. The molecule has 18 nitrogen and oxygen atoms in total. The monoisotopic (exact) mass is 838 g/mol. The number of hydrazone groups is 2. The Bertz CT molecular complexity index is 1850. The van der Waals surface area contributed by atoms with Gasteiger partial charge in [0, 0.05) is 25.2 Å². The number of benzene rings is 2. The molecule has 18 heteroatoms. The molecule has 60 heavy (non-hydrogen) atoms. The van der Waals surface area contributed by atoms with Gasteiger partial charge in [-0.05, 0) is 96.9 Å². The first-order valence-corrected chi connectivity index (χ1v) is 19.0. The third-order valence-electron chi connectivity index (χ3n) is 7.98. The fraction of sp³-hybridized carbons (Fsp3) is 0.524. The number of rotatable bonds is 4. The van der Waals surface area contributed by atoms with Gasteiger partial charge >= 0.3 is 24.5 Å². The zero-order valence-corrected chi connectivity index (χ0v) is 37.4. The van der Waals surface area contributed by atoms with Crippen LogP contribution in [0.3, 0.4) is 0 Å². The number of carbonyl (C=O) groups excluding carboxylic acids is 6. The second-order valence-corrected chi connectivity index (χ2v) is 18.1. The fourth-order valence-electron chi connectivity index (χ4n) is 5.57. The van der Waals surface area contributed by atoms with Crippen LogP contribution in [0.1, 0.15) is 108 Å². The highest BCUT2D eigenvalue weighted by Crippen LogP contribution is 2.34. The Balaban J connectivity index is 0.000000320. The Morgan fingerprint density at radius 1 is 0.500 bits per heavy atom. The van der Waals surface area contributed by atoms with Gasteiger partial charge in [-0.3, -0.25) is 19.3 Å². The molecule has 2 heterocycles. The van der Waals surface area contributed by atoms with Crippen molar-refractivity contribution in [3.63, 3.8) is 0 Å². The number of hydrogen-bond acceptors (Lipinski definition) is 14. The van der Waals surface area contributed by atoms with E-state index >= 15 is 0 Å². The molecule has 0 aliphatic carbocycles. The summed E-state index contributed by atoms with van der Waals surface area (Å²) >= 11 is 0. The van der Waals surface area contributed by atoms with Crippen molar-refractivity contribution >= 4 is 47.7 Å². The average molecular weight is 839 g/mol. The average Bonchev–Trinajstić information content (AvgIpc) is 3.47. The van der Waals surface area contributed by atoms with E-state index in [-0.39, 0.29) is 11.4 Å². The number of likely N-dealkylation sites (N-methyl/N-ethyl adjacent to an activating group) is 2. The first-order valence-electron chi connectivity index (χ1n) is 19.0. The van der Waals surface area contributed by atoms with Gasteiger partial charge in [0.2, 0.25) is 11.1 Å². The van der Waals surface area contributed by atoms with E-state index in [1.165, 1.54) is 27.9 Å². The molecular weight excluding hydrogens is 780 g/mol. The third kappa shape index (κ3) is 11.9. The van der Waals surface area contributed by atoms with Crippen molar-refractivity contribution in [3.05, 3.63) is 71.8 Å². The molecular formula is C42H58N6O12. The van der Waals surface area contributed by atoms with E-state index in [1.807, 2.05) is 12.1 Å². The fourth-order valence-corrected chi connectivity index (χ4v) is 5.57. The SMILES string of the molecule is CN1N=C(c2ccccc2)C(C)(N(OC(=O)OC(C)(C)C)C(=O)OC(C)(C)C)C1=O.CN1N=C(c2ccccc2)C(C)(N(OC(=O)OC(C)(C)C)C(=O)OC(C)(C)C)C1=O. The van der Waals surface area contributed by atoms with E-state index in [0.29, 0.717) is 21.3 Å². The van der Waals surface area contributed by atoms with E-state index in [9.17, 15) is 28.8 Å². The van der Waals surface area contributed by atoms with Crippen molar-refractivity contribution in [2.75, 3.05) is 14.1 Å². The first-order chi connectivity index (χ1) is 27.3. The van der Waals surface area contributed by atoms with Crippen LogP contribution in [0.2, 0.25) is 0 Å². The minimum Gasteiger partial charge on any atom is -0.442 e. The molecule has 2 aliphatic rings. The summed E-state index contributed by atoms with van der Waals surface area (Å²) in [5.41, 5.74) is -5.46. The Kier molecular flexibility index (Phi) is 14.1. The highest BCUT2D eigenvalue weighted by Gasteiger charge is 2.58. The first kappa shape index (κ1) is 48.2. The molecule has 4 rings (SSSR count). The minimum absolute atomic E-state index is 0.227. The number of hydroxylamine groups is 4. The second-order valence-electron chi connectivity index (χ2n) is 18.1. The maximum absolute atomic E-state index is 13.1. The Hall–Kier alpha value is -6.20. The van der Waals surface area contributed by atoms with Gasteiger partial charge in [-0.1, -0.05) is 60.7 Å². The largest absolute Gasteiger partial charge is 0.534 e. The minimum atomic E-state index is -1.77. The standard InChI is InChI=1S/2C21H29N3O6/c2*1-19(2,3)28-17(26)24(30-18(27)29-20(4,5)6)21(7)15(22-23(8)16(21)25)14-12-10-9-11-13-14/h2*9-13H,1-8H3. The van der Waals surface area contributed by atoms with Gasteiger partial charge in [-0.25, -0.2) is 29.2 Å². The summed E-state index contributed by atoms with van der Waals surface area (Å²) in [7, 11) is 2.91. The maximum Gasteiger partial charge on any atom is 0.534 e. The lowest BCUT2D eigenvalue weighted by Gasteiger charge is -2.36. The molecule has 0 spiro atoms. The van der Waals surface area contributed by atoms with Gasteiger partial charge < -0.3 is 18.9 Å². The van der Waals surface area contributed by atoms with Gasteiger partial charge in [0.25, 0.3) is 11.8 Å². The Morgan fingerprint density at radius 3 is 1.02 bits per heavy atom. The van der Waals surface area contributed by atoms with Crippen molar-refractivity contribution in [2.24, 2.45) is 10.2 Å². The normalized spacial score (nSPS) is 19.3. The van der Waals surface area contributed by atoms with Crippen LogP contribution >= 0.6 is 0 Å². The highest BCUT2D eigenvalue weighted by molar-refractivity contribution is 6.25. The summed E-state index contributed by atoms with van der Waals surface area (Å²) in [6.45, 7) is 22.8. The maximum atomic E-state index is 13.1. The molecule has 2 aromatic carbocycles. The van der Waals surface area contributed by atoms with Crippen LogP contribution in [-0.2, 0) is 38.2 Å². The highest BCUT2D eigenvalue weighted by atomic mass is 16.9. The summed E-state index contributed by atoms with van der Waals surface area (Å²) in [6, 6.07) is 17.7. The van der Waals surface area contributed by atoms with Gasteiger partial charge in [0.15, 0.2) is 0 Å². The van der Waals surface area contributed by atoms with Gasteiger partial charge in [0.05, 0.1) is 0 Å². The van der Waals surface area contributed by atoms with Crippen molar-refractivity contribution in [1.82, 2.24) is 20.1 Å². The van der Waals surface area contributed by atoms with Gasteiger partial charge in [-0.2, -0.15) is 10.2 Å². The molecule has 328 valence electrons. The molecule has 2 atom stereocenters. The van der Waals surface area contributed by atoms with Crippen molar-refractivity contribution in [3.8, 4) is 0 Å². The summed E-state index contributed by atoms with van der Waals surface area (Å²) in [4.78, 5) is 87.6. The molecule has 0 aromatic heterocycles. The second kappa shape index (κ2) is 17.6. The third-order valence-corrected chi connectivity index (χ3v) is 7.98. The molecule has 0 fully saturated rings. The predicted octanol–water partition coefficient (Wildman–Crippen LogP) is 7.45. The van der Waals surface area contributed by atoms with Crippen LogP contribution in [0.25, 0.3) is 0 Å². The van der Waals surface area contributed by atoms with E-state index in [0.717, 1.165) is 10.0 Å². The lowest BCUT2D eigenvalue weighted by atomic mass is 9.90. The summed E-state index contributed by atoms with van der Waals surface area (Å²) in [5.74, 6) is -1.15. The molecule has 2 aromatic rings. The molecule has 0 radical (unpaired) electrons. The van der Waals surface area contributed by atoms with E-state index < -0.39 is 69.8 Å². The van der Waals surface area contributed by atoms with Crippen molar-refractivity contribution in [1.29, 1.82) is 0 Å². The zero-order chi connectivity index (χ0) is 45.8. The van der Waals surface area contributed by atoms with E-state index in [2.05, 4.69) is 10.2 Å². The lowest BCUT2D eigenvalue weighted by Crippen LogP contribution is -2.61. The molecule has 4 amide bonds. The molecule has 0 N–H and O–H groups in total. The molecule has 2 unspecified atom stereocenters.